The molecular formula is C11H16N4S. The normalized spacial score (nSPS) is 10.6. The Morgan fingerprint density at radius 1 is 1.50 bits per heavy atom. The first kappa shape index (κ1) is 11.1. The van der Waals surface area contributed by atoms with Crippen LogP contribution in [0.5, 0.6) is 0 Å². The third kappa shape index (κ3) is 2.82. The second-order valence-corrected chi connectivity index (χ2v) is 4.60. The van der Waals surface area contributed by atoms with Crippen LogP contribution in [0.3, 0.4) is 0 Å². The van der Waals surface area contributed by atoms with E-state index in [1.54, 1.807) is 11.3 Å². The monoisotopic (exact) mass is 236 g/mol. The van der Waals surface area contributed by atoms with Crippen molar-refractivity contribution in [3.63, 3.8) is 0 Å². The highest BCUT2D eigenvalue weighted by atomic mass is 32.1. The van der Waals surface area contributed by atoms with E-state index in [0.29, 0.717) is 0 Å². The van der Waals surface area contributed by atoms with E-state index in [1.165, 1.54) is 17.7 Å². The molecule has 2 aromatic heterocycles. The standard InChI is InChI=1S/C11H16N4S/c1-2-3-4-13-11-14-5-6-15(11)8-10-7-12-9-16-10/h5-7,9H,2-4,8H2,1H3,(H,13,14). The summed E-state index contributed by atoms with van der Waals surface area (Å²) in [6.45, 7) is 4.01. The topological polar surface area (TPSA) is 42.7 Å². The van der Waals surface area contributed by atoms with E-state index in [2.05, 4.69) is 26.8 Å². The Morgan fingerprint density at radius 3 is 3.19 bits per heavy atom. The third-order valence-corrected chi connectivity index (χ3v) is 3.10. The minimum atomic E-state index is 0.846. The fraction of sp³-hybridized carbons (Fsp3) is 0.455. The molecule has 0 fully saturated rings. The smallest absolute Gasteiger partial charge is 0.203 e. The van der Waals surface area contributed by atoms with E-state index < -0.39 is 0 Å². The quantitative estimate of drug-likeness (QED) is 0.784. The van der Waals surface area contributed by atoms with E-state index >= 15 is 0 Å². The van der Waals surface area contributed by atoms with Gasteiger partial charge in [0.2, 0.25) is 5.95 Å². The van der Waals surface area contributed by atoms with Crippen molar-refractivity contribution in [3.05, 3.63) is 29.0 Å². The maximum atomic E-state index is 4.30. The SMILES string of the molecule is CCCCNc1nccn1Cc1cncs1. The van der Waals surface area contributed by atoms with Gasteiger partial charge >= 0.3 is 0 Å². The van der Waals surface area contributed by atoms with Crippen molar-refractivity contribution in [2.45, 2.75) is 26.3 Å². The molecule has 4 nitrogen and oxygen atoms in total. The second kappa shape index (κ2) is 5.65. The molecule has 1 N–H and O–H groups in total. The van der Waals surface area contributed by atoms with Crippen molar-refractivity contribution < 1.29 is 0 Å². The molecule has 0 aromatic carbocycles. The van der Waals surface area contributed by atoms with Crippen LogP contribution in [-0.2, 0) is 6.54 Å². The predicted octanol–water partition coefficient (Wildman–Crippen LogP) is 2.60. The zero-order chi connectivity index (χ0) is 11.2. The maximum Gasteiger partial charge on any atom is 0.203 e. The molecule has 16 heavy (non-hydrogen) atoms. The molecule has 86 valence electrons. The summed E-state index contributed by atoms with van der Waals surface area (Å²) < 4.78 is 2.11. The lowest BCUT2D eigenvalue weighted by atomic mass is 10.3. The number of rotatable bonds is 6. The molecule has 0 atom stereocenters. The maximum absolute atomic E-state index is 4.30. The number of thiazole rings is 1. The first-order valence-electron chi connectivity index (χ1n) is 5.52. The largest absolute Gasteiger partial charge is 0.356 e. The van der Waals surface area contributed by atoms with E-state index in [9.17, 15) is 0 Å². The van der Waals surface area contributed by atoms with Gasteiger partial charge in [-0.05, 0) is 6.42 Å². The van der Waals surface area contributed by atoms with Crippen LogP contribution in [0.2, 0.25) is 0 Å². The summed E-state index contributed by atoms with van der Waals surface area (Å²) in [5.41, 5.74) is 1.86. The number of imidazole rings is 1. The van der Waals surface area contributed by atoms with Crippen LogP contribution in [0.4, 0.5) is 5.95 Å². The van der Waals surface area contributed by atoms with E-state index in [1.807, 2.05) is 24.1 Å². The summed E-state index contributed by atoms with van der Waals surface area (Å²) in [6, 6.07) is 0. The number of nitrogens with zero attached hydrogens (tertiary/aromatic N) is 3. The molecular weight excluding hydrogens is 220 g/mol. The van der Waals surface area contributed by atoms with Gasteiger partial charge in [-0.25, -0.2) is 4.98 Å². The van der Waals surface area contributed by atoms with Gasteiger partial charge in [0.15, 0.2) is 0 Å². The highest BCUT2D eigenvalue weighted by Crippen LogP contribution is 2.12. The van der Waals surface area contributed by atoms with Crippen molar-refractivity contribution in [1.29, 1.82) is 0 Å². The van der Waals surface area contributed by atoms with Crippen molar-refractivity contribution in [2.75, 3.05) is 11.9 Å². The van der Waals surface area contributed by atoms with Gasteiger partial charge in [-0.15, -0.1) is 11.3 Å². The van der Waals surface area contributed by atoms with Crippen LogP contribution in [-0.4, -0.2) is 21.1 Å². The van der Waals surface area contributed by atoms with Gasteiger partial charge < -0.3 is 9.88 Å². The highest BCUT2D eigenvalue weighted by Gasteiger charge is 2.03. The Hall–Kier alpha value is -1.36. The van der Waals surface area contributed by atoms with Crippen LogP contribution in [0.25, 0.3) is 0 Å². The molecule has 0 saturated carbocycles. The molecule has 5 heteroatoms. The molecule has 2 rings (SSSR count). The lowest BCUT2D eigenvalue weighted by Crippen LogP contribution is -2.08. The van der Waals surface area contributed by atoms with Gasteiger partial charge in [0.1, 0.15) is 0 Å². The minimum absolute atomic E-state index is 0.846. The van der Waals surface area contributed by atoms with E-state index in [0.717, 1.165) is 19.0 Å². The average Bonchev–Trinajstić information content (AvgIpc) is 2.92. The Kier molecular flexibility index (Phi) is 3.93. The molecule has 0 aliphatic rings. The van der Waals surface area contributed by atoms with Gasteiger partial charge in [-0.1, -0.05) is 13.3 Å². The molecule has 0 radical (unpaired) electrons. The molecule has 0 aliphatic carbocycles. The number of hydrogen-bond acceptors (Lipinski definition) is 4. The van der Waals surface area contributed by atoms with Gasteiger partial charge in [0.25, 0.3) is 0 Å². The molecule has 2 aromatic rings. The molecule has 0 bridgehead atoms. The molecule has 0 saturated heterocycles. The van der Waals surface area contributed by atoms with Crippen LogP contribution < -0.4 is 5.32 Å². The summed E-state index contributed by atoms with van der Waals surface area (Å²) in [5.74, 6) is 0.946. The minimum Gasteiger partial charge on any atom is -0.356 e. The molecule has 2 heterocycles. The fourth-order valence-electron chi connectivity index (χ4n) is 1.47. The number of nitrogens with one attached hydrogen (secondary N) is 1. The van der Waals surface area contributed by atoms with Crippen molar-refractivity contribution in [2.24, 2.45) is 0 Å². The van der Waals surface area contributed by atoms with Crippen LogP contribution in [0.15, 0.2) is 24.1 Å². The Labute approximate surface area is 99.4 Å². The van der Waals surface area contributed by atoms with Crippen molar-refractivity contribution in [3.8, 4) is 0 Å². The number of anilines is 1. The highest BCUT2D eigenvalue weighted by molar-refractivity contribution is 7.09. The van der Waals surface area contributed by atoms with Crippen molar-refractivity contribution in [1.82, 2.24) is 14.5 Å². The van der Waals surface area contributed by atoms with Crippen molar-refractivity contribution >= 4 is 17.3 Å². The summed E-state index contributed by atoms with van der Waals surface area (Å²) in [6.07, 6.45) is 8.10. The number of hydrogen-bond donors (Lipinski definition) is 1. The van der Waals surface area contributed by atoms with Gasteiger partial charge in [0, 0.05) is 30.0 Å². The molecule has 0 aliphatic heterocycles. The lowest BCUT2D eigenvalue weighted by Gasteiger charge is -2.07. The van der Waals surface area contributed by atoms with Gasteiger partial charge in [-0.2, -0.15) is 0 Å². The van der Waals surface area contributed by atoms with Gasteiger partial charge in [-0.3, -0.25) is 4.98 Å². The summed E-state index contributed by atoms with van der Waals surface area (Å²) >= 11 is 1.67. The summed E-state index contributed by atoms with van der Waals surface area (Å²) in [5, 5.41) is 3.34. The Morgan fingerprint density at radius 2 is 2.44 bits per heavy atom. The first-order valence-corrected chi connectivity index (χ1v) is 6.40. The number of aromatic nitrogens is 3. The number of unbranched alkanes of at least 4 members (excludes halogenated alkanes) is 1. The van der Waals surface area contributed by atoms with Crippen LogP contribution in [0, 0.1) is 0 Å². The van der Waals surface area contributed by atoms with Crippen LogP contribution in [0.1, 0.15) is 24.6 Å². The molecule has 0 amide bonds. The zero-order valence-corrected chi connectivity index (χ0v) is 10.2. The third-order valence-electron chi connectivity index (χ3n) is 2.34. The van der Waals surface area contributed by atoms with E-state index in [4.69, 9.17) is 0 Å². The summed E-state index contributed by atoms with van der Waals surface area (Å²) in [4.78, 5) is 9.62. The predicted molar refractivity (Wildman–Crippen MR) is 66.8 cm³/mol. The van der Waals surface area contributed by atoms with E-state index in [-0.39, 0.29) is 0 Å². The zero-order valence-electron chi connectivity index (χ0n) is 9.39. The molecule has 0 spiro atoms. The fourth-order valence-corrected chi connectivity index (χ4v) is 2.06. The average molecular weight is 236 g/mol. The lowest BCUT2D eigenvalue weighted by molar-refractivity contribution is 0.781. The van der Waals surface area contributed by atoms with Gasteiger partial charge in [0.05, 0.1) is 12.1 Å². The Bertz CT molecular complexity index is 407. The summed E-state index contributed by atoms with van der Waals surface area (Å²) in [7, 11) is 0. The molecule has 0 unspecified atom stereocenters. The first-order chi connectivity index (χ1) is 7.90. The van der Waals surface area contributed by atoms with Crippen LogP contribution >= 0.6 is 11.3 Å². The second-order valence-electron chi connectivity index (χ2n) is 3.63. The Balaban J connectivity index is 1.96.